The number of unbranched alkanes of at least 4 members (excludes halogenated alkanes) is 38. The van der Waals surface area contributed by atoms with Crippen molar-refractivity contribution in [3.05, 3.63) is 72.9 Å². The van der Waals surface area contributed by atoms with E-state index < -0.39 is 20.0 Å². The fourth-order valence-electron chi connectivity index (χ4n) is 10.1. The molecule has 10 heteroatoms. The van der Waals surface area contributed by atoms with Crippen molar-refractivity contribution >= 4 is 19.7 Å². The van der Waals surface area contributed by atoms with Gasteiger partial charge in [0.1, 0.15) is 19.3 Å². The number of quaternary nitrogens is 1. The number of nitrogens with zero attached hydrogens (tertiary/aromatic N) is 1. The zero-order valence-electron chi connectivity index (χ0n) is 55.4. The highest BCUT2D eigenvalue weighted by Gasteiger charge is 2.27. The van der Waals surface area contributed by atoms with Gasteiger partial charge < -0.3 is 28.5 Å². The summed E-state index contributed by atoms with van der Waals surface area (Å²) in [6.45, 7) is 6.82. The van der Waals surface area contributed by atoms with Gasteiger partial charge in [0.25, 0.3) is 7.82 Å². The number of ether oxygens (including phenoxy) is 1. The molecule has 0 aromatic rings. The number of likely N-dealkylation sites (N-methyl/N-ethyl adjacent to an activating group) is 1. The third-order valence-corrected chi connectivity index (χ3v) is 16.6. The Morgan fingerprint density at radius 1 is 0.422 bits per heavy atom. The van der Waals surface area contributed by atoms with E-state index in [1.165, 1.54) is 218 Å². The number of amides is 1. The fourth-order valence-corrected chi connectivity index (χ4v) is 10.9. The summed E-state index contributed by atoms with van der Waals surface area (Å²) < 4.78 is 30.4. The van der Waals surface area contributed by atoms with Crippen LogP contribution in [-0.4, -0.2) is 69.4 Å². The van der Waals surface area contributed by atoms with Gasteiger partial charge in [-0.05, 0) is 102 Å². The number of allylic oxidation sites excluding steroid dienone is 11. The predicted molar refractivity (Wildman–Crippen MR) is 358 cm³/mol. The molecular formula is C73H135N2O7P. The average Bonchev–Trinajstić information content (AvgIpc) is 3.51. The molecule has 0 aliphatic heterocycles. The summed E-state index contributed by atoms with van der Waals surface area (Å²) in [5.41, 5.74) is 0. The summed E-state index contributed by atoms with van der Waals surface area (Å²) in [6, 6.07) is -0.892. The lowest BCUT2D eigenvalue weighted by molar-refractivity contribution is -0.870. The van der Waals surface area contributed by atoms with Crippen molar-refractivity contribution in [1.29, 1.82) is 0 Å². The van der Waals surface area contributed by atoms with Gasteiger partial charge in [0.2, 0.25) is 5.91 Å². The summed E-state index contributed by atoms with van der Waals surface area (Å²) >= 11 is 0. The summed E-state index contributed by atoms with van der Waals surface area (Å²) in [4.78, 5) is 40.1. The lowest BCUT2D eigenvalue weighted by Crippen LogP contribution is -2.47. The molecule has 0 aromatic carbocycles. The standard InChI is InChI=1S/C73H135N2O7P/c1-7-10-13-16-19-22-25-27-29-31-33-35-36-37-38-40-42-44-46-48-51-54-57-60-63-66-73(77)82-71(64-61-58-55-52-49-24-21-18-15-12-9-3)70(69-81-83(78,79)80-68-67-75(4,5)6)74-72(76)65-62-59-56-53-50-47-45-43-41-39-34-32-30-28-26-23-20-17-14-11-8-2/h19-20,22-23,27-30,33,35,61,64,70-71H,7-18,21,24-26,31-32,34,36-60,62-63,65-69H2,1-6H3,(H-,74,76,78,79)/b22-19-,23-20-,29-27-,30-28-,35-33-,64-61+. The first-order valence-corrected chi connectivity index (χ1v) is 36.7. The van der Waals surface area contributed by atoms with E-state index in [1.54, 1.807) is 0 Å². The van der Waals surface area contributed by atoms with Crippen LogP contribution in [0.2, 0.25) is 0 Å². The molecule has 0 saturated heterocycles. The van der Waals surface area contributed by atoms with Crippen molar-refractivity contribution < 1.29 is 37.3 Å². The van der Waals surface area contributed by atoms with E-state index >= 15 is 0 Å². The number of hydrogen-bond acceptors (Lipinski definition) is 7. The number of esters is 1. The molecule has 0 radical (unpaired) electrons. The van der Waals surface area contributed by atoms with Crippen LogP contribution in [0.25, 0.3) is 0 Å². The Hall–Kier alpha value is -2.55. The summed E-state index contributed by atoms with van der Waals surface area (Å²) in [5, 5.41) is 3.04. The molecule has 0 spiro atoms. The van der Waals surface area contributed by atoms with Crippen LogP contribution in [0.5, 0.6) is 0 Å². The van der Waals surface area contributed by atoms with Crippen molar-refractivity contribution in [2.45, 2.75) is 341 Å². The lowest BCUT2D eigenvalue weighted by atomic mass is 10.0. The molecule has 0 rings (SSSR count). The van der Waals surface area contributed by atoms with Crippen molar-refractivity contribution in [3.8, 4) is 0 Å². The molecule has 83 heavy (non-hydrogen) atoms. The molecule has 3 unspecified atom stereocenters. The number of phosphoric acid groups is 1. The highest BCUT2D eigenvalue weighted by molar-refractivity contribution is 7.45. The molecule has 484 valence electrons. The van der Waals surface area contributed by atoms with Crippen LogP contribution in [0.4, 0.5) is 0 Å². The molecule has 0 aliphatic carbocycles. The van der Waals surface area contributed by atoms with Crippen LogP contribution in [0.1, 0.15) is 329 Å². The molecule has 0 bridgehead atoms. The van der Waals surface area contributed by atoms with Crippen LogP contribution in [0.15, 0.2) is 72.9 Å². The number of carbonyl (C=O) groups is 2. The van der Waals surface area contributed by atoms with Gasteiger partial charge in [-0.1, -0.05) is 287 Å². The van der Waals surface area contributed by atoms with E-state index in [0.717, 1.165) is 77.0 Å². The molecule has 1 amide bonds. The Kier molecular flexibility index (Phi) is 60.6. The first kappa shape index (κ1) is 80.5. The topological polar surface area (TPSA) is 114 Å². The van der Waals surface area contributed by atoms with Crippen LogP contribution in [0, 0.1) is 0 Å². The Morgan fingerprint density at radius 3 is 1.12 bits per heavy atom. The normalized spacial score (nSPS) is 14.0. The molecule has 0 fully saturated rings. The van der Waals surface area contributed by atoms with Crippen molar-refractivity contribution in [2.75, 3.05) is 40.9 Å². The maximum atomic E-state index is 13.6. The highest BCUT2D eigenvalue weighted by atomic mass is 31.2. The third kappa shape index (κ3) is 63.8. The monoisotopic (exact) mass is 1180 g/mol. The number of hydrogen-bond donors (Lipinski definition) is 1. The number of carbonyl (C=O) groups excluding carboxylic acids is 2. The largest absolute Gasteiger partial charge is 0.756 e. The predicted octanol–water partition coefficient (Wildman–Crippen LogP) is 21.7. The molecule has 0 aliphatic rings. The SMILES string of the molecule is CCCCC/C=C\C/C=C\C/C=C\CCCCCCCCCCCCCCC(=O)OC(/C=C/CCCCCCCCCCC)C(COP(=O)([O-])OCC[N+](C)(C)C)NC(=O)CCCCCCCCCCCCC/C=C\C/C=C\CCCCC. The molecule has 0 heterocycles. The Labute approximate surface area is 514 Å². The van der Waals surface area contributed by atoms with Crippen LogP contribution >= 0.6 is 7.82 Å². The van der Waals surface area contributed by atoms with E-state index in [-0.39, 0.29) is 31.5 Å². The van der Waals surface area contributed by atoms with Crippen molar-refractivity contribution in [1.82, 2.24) is 5.32 Å². The van der Waals surface area contributed by atoms with Crippen molar-refractivity contribution in [3.63, 3.8) is 0 Å². The minimum atomic E-state index is -4.70. The average molecular weight is 1180 g/mol. The quantitative estimate of drug-likeness (QED) is 0.0212. The van der Waals surface area contributed by atoms with E-state index in [4.69, 9.17) is 13.8 Å². The maximum Gasteiger partial charge on any atom is 0.306 e. The molecule has 1 N–H and O–H groups in total. The maximum absolute atomic E-state index is 13.6. The van der Waals surface area contributed by atoms with Crippen LogP contribution < -0.4 is 10.2 Å². The Morgan fingerprint density at radius 2 is 0.735 bits per heavy atom. The zero-order chi connectivity index (χ0) is 60.7. The fraction of sp³-hybridized carbons (Fsp3) is 0.808. The van der Waals surface area contributed by atoms with Crippen LogP contribution in [-0.2, 0) is 27.9 Å². The van der Waals surface area contributed by atoms with Gasteiger partial charge >= 0.3 is 5.97 Å². The van der Waals surface area contributed by atoms with Gasteiger partial charge in [-0.25, -0.2) is 0 Å². The first-order valence-electron chi connectivity index (χ1n) is 35.2. The summed E-state index contributed by atoms with van der Waals surface area (Å²) in [7, 11) is 1.19. The zero-order valence-corrected chi connectivity index (χ0v) is 56.3. The second-order valence-electron chi connectivity index (χ2n) is 25.0. The molecule has 0 aromatic heterocycles. The number of phosphoric ester groups is 1. The van der Waals surface area contributed by atoms with E-state index in [0.29, 0.717) is 17.4 Å². The van der Waals surface area contributed by atoms with E-state index in [1.807, 2.05) is 33.3 Å². The molecule has 0 saturated carbocycles. The third-order valence-electron chi connectivity index (χ3n) is 15.6. The highest BCUT2D eigenvalue weighted by Crippen LogP contribution is 2.38. The van der Waals surface area contributed by atoms with E-state index in [9.17, 15) is 19.0 Å². The van der Waals surface area contributed by atoms with Gasteiger partial charge in [0.15, 0.2) is 0 Å². The van der Waals surface area contributed by atoms with Crippen molar-refractivity contribution in [2.24, 2.45) is 0 Å². The Balaban J connectivity index is 5.03. The van der Waals surface area contributed by atoms with E-state index in [2.05, 4.69) is 86.8 Å². The van der Waals surface area contributed by atoms with Gasteiger partial charge in [0, 0.05) is 12.8 Å². The summed E-state index contributed by atoms with van der Waals surface area (Å²) in [6.07, 6.45) is 81.6. The summed E-state index contributed by atoms with van der Waals surface area (Å²) in [5.74, 6) is -0.537. The smallest absolute Gasteiger partial charge is 0.306 e. The molecule has 3 atom stereocenters. The number of rotatable bonds is 64. The van der Waals surface area contributed by atoms with Gasteiger partial charge in [-0.2, -0.15) is 0 Å². The van der Waals surface area contributed by atoms with Crippen LogP contribution in [0.3, 0.4) is 0 Å². The molecule has 9 nitrogen and oxygen atoms in total. The minimum absolute atomic E-state index is 0.0240. The van der Waals surface area contributed by atoms with Gasteiger partial charge in [-0.15, -0.1) is 0 Å². The second kappa shape index (κ2) is 62.5. The second-order valence-corrected chi connectivity index (χ2v) is 26.4. The van der Waals surface area contributed by atoms with Gasteiger partial charge in [-0.3, -0.25) is 14.2 Å². The lowest BCUT2D eigenvalue weighted by Gasteiger charge is -2.30. The van der Waals surface area contributed by atoms with Gasteiger partial charge in [0.05, 0.1) is 33.8 Å². The minimum Gasteiger partial charge on any atom is -0.756 e. The first-order chi connectivity index (χ1) is 40.4. The molecular weight excluding hydrogens is 1050 g/mol. The Bertz CT molecular complexity index is 1650. The number of nitrogens with one attached hydrogen (secondary N) is 1.